The highest BCUT2D eigenvalue weighted by atomic mass is 16.3. The van der Waals surface area contributed by atoms with Crippen LogP contribution in [0.2, 0.25) is 0 Å². The number of rotatable bonds is 3. The first-order chi connectivity index (χ1) is 7.75. The van der Waals surface area contributed by atoms with Crippen LogP contribution in [0.15, 0.2) is 42.6 Å². The largest absolute Gasteiger partial charge is 0.508 e. The van der Waals surface area contributed by atoms with Gasteiger partial charge < -0.3 is 15.4 Å². The van der Waals surface area contributed by atoms with Gasteiger partial charge in [0.1, 0.15) is 11.4 Å². The highest BCUT2D eigenvalue weighted by Crippen LogP contribution is 2.09. The molecule has 0 aliphatic carbocycles. The van der Waals surface area contributed by atoms with Gasteiger partial charge in [-0.25, -0.2) is 0 Å². The number of carbonyl (C=O) groups is 1. The van der Waals surface area contributed by atoms with Gasteiger partial charge in [-0.2, -0.15) is 0 Å². The molecule has 0 saturated carbocycles. The summed E-state index contributed by atoms with van der Waals surface area (Å²) in [7, 11) is 0. The first-order valence-corrected chi connectivity index (χ1v) is 4.95. The van der Waals surface area contributed by atoms with Crippen LogP contribution in [0.25, 0.3) is 0 Å². The second-order valence-electron chi connectivity index (χ2n) is 3.43. The van der Waals surface area contributed by atoms with Gasteiger partial charge in [0.15, 0.2) is 0 Å². The van der Waals surface area contributed by atoms with Crippen molar-refractivity contribution in [1.82, 2.24) is 10.3 Å². The van der Waals surface area contributed by atoms with E-state index in [4.69, 9.17) is 5.11 Å². The van der Waals surface area contributed by atoms with Gasteiger partial charge in [0, 0.05) is 12.7 Å². The Kier molecular flexibility index (Phi) is 2.91. The lowest BCUT2D eigenvalue weighted by atomic mass is 10.2. The maximum absolute atomic E-state index is 11.6. The summed E-state index contributed by atoms with van der Waals surface area (Å²) in [5.74, 6) is 0.0810. The van der Waals surface area contributed by atoms with Crippen molar-refractivity contribution in [2.75, 3.05) is 0 Å². The topological polar surface area (TPSA) is 65.1 Å². The minimum atomic E-state index is -0.141. The van der Waals surface area contributed by atoms with Gasteiger partial charge >= 0.3 is 0 Å². The molecule has 0 bridgehead atoms. The molecule has 0 radical (unpaired) electrons. The number of amides is 1. The van der Waals surface area contributed by atoms with Gasteiger partial charge in [-0.1, -0.05) is 12.1 Å². The van der Waals surface area contributed by atoms with Crippen LogP contribution in [0.5, 0.6) is 5.75 Å². The Morgan fingerprint density at radius 1 is 1.25 bits per heavy atom. The van der Waals surface area contributed by atoms with Gasteiger partial charge in [-0.15, -0.1) is 0 Å². The van der Waals surface area contributed by atoms with E-state index in [0.29, 0.717) is 12.2 Å². The van der Waals surface area contributed by atoms with Gasteiger partial charge in [0.05, 0.1) is 0 Å². The maximum atomic E-state index is 11.6. The summed E-state index contributed by atoms with van der Waals surface area (Å²) in [5.41, 5.74) is 1.48. The molecule has 2 aromatic rings. The van der Waals surface area contributed by atoms with Crippen LogP contribution in [0.4, 0.5) is 0 Å². The number of nitrogens with one attached hydrogen (secondary N) is 2. The average molecular weight is 216 g/mol. The number of H-pyrrole nitrogens is 1. The van der Waals surface area contributed by atoms with Crippen LogP contribution in [0.1, 0.15) is 16.1 Å². The van der Waals surface area contributed by atoms with E-state index in [9.17, 15) is 4.79 Å². The van der Waals surface area contributed by atoms with Crippen molar-refractivity contribution in [3.63, 3.8) is 0 Å². The molecule has 16 heavy (non-hydrogen) atoms. The summed E-state index contributed by atoms with van der Waals surface area (Å²) in [5, 5.41) is 11.9. The first-order valence-electron chi connectivity index (χ1n) is 4.95. The highest BCUT2D eigenvalue weighted by Gasteiger charge is 2.04. The predicted octanol–water partition coefficient (Wildman–Crippen LogP) is 1.65. The molecule has 0 aliphatic rings. The SMILES string of the molecule is O=C(NCc1ccc(O)cc1)c1ccc[nH]1. The minimum absolute atomic E-state index is 0.141. The van der Waals surface area contributed by atoms with Crippen molar-refractivity contribution < 1.29 is 9.90 Å². The van der Waals surface area contributed by atoms with E-state index in [2.05, 4.69) is 10.3 Å². The zero-order valence-corrected chi connectivity index (χ0v) is 8.60. The molecule has 82 valence electrons. The van der Waals surface area contributed by atoms with E-state index in [-0.39, 0.29) is 11.7 Å². The Morgan fingerprint density at radius 3 is 2.62 bits per heavy atom. The van der Waals surface area contributed by atoms with E-state index in [1.807, 2.05) is 0 Å². The van der Waals surface area contributed by atoms with Crippen molar-refractivity contribution in [3.05, 3.63) is 53.9 Å². The lowest BCUT2D eigenvalue weighted by molar-refractivity contribution is 0.0946. The van der Waals surface area contributed by atoms with Gasteiger partial charge in [-0.3, -0.25) is 4.79 Å². The molecular formula is C12H12N2O2. The molecule has 2 rings (SSSR count). The number of aromatic hydroxyl groups is 1. The minimum Gasteiger partial charge on any atom is -0.508 e. The van der Waals surface area contributed by atoms with E-state index >= 15 is 0 Å². The fourth-order valence-corrected chi connectivity index (χ4v) is 1.36. The Morgan fingerprint density at radius 2 is 2.00 bits per heavy atom. The van der Waals surface area contributed by atoms with E-state index in [1.54, 1.807) is 42.6 Å². The second kappa shape index (κ2) is 4.53. The first kappa shape index (κ1) is 10.3. The zero-order valence-electron chi connectivity index (χ0n) is 8.60. The number of hydrogen-bond acceptors (Lipinski definition) is 2. The summed E-state index contributed by atoms with van der Waals surface area (Å²) < 4.78 is 0. The third-order valence-corrected chi connectivity index (χ3v) is 2.23. The molecule has 4 heteroatoms. The van der Waals surface area contributed by atoms with Crippen molar-refractivity contribution in [2.45, 2.75) is 6.54 Å². The Balaban J connectivity index is 1.93. The fourth-order valence-electron chi connectivity index (χ4n) is 1.36. The third-order valence-electron chi connectivity index (χ3n) is 2.23. The average Bonchev–Trinajstić information content (AvgIpc) is 2.81. The number of hydrogen-bond donors (Lipinski definition) is 3. The van der Waals surface area contributed by atoms with Crippen LogP contribution in [0, 0.1) is 0 Å². The Labute approximate surface area is 92.9 Å². The lowest BCUT2D eigenvalue weighted by Crippen LogP contribution is -2.22. The van der Waals surface area contributed by atoms with Crippen LogP contribution in [-0.2, 0) is 6.54 Å². The van der Waals surface area contributed by atoms with Gasteiger partial charge in [-0.05, 0) is 29.8 Å². The predicted molar refractivity (Wildman–Crippen MR) is 60.1 cm³/mol. The molecular weight excluding hydrogens is 204 g/mol. The highest BCUT2D eigenvalue weighted by molar-refractivity contribution is 5.92. The Hall–Kier alpha value is -2.23. The number of aromatic nitrogens is 1. The summed E-state index contributed by atoms with van der Waals surface area (Å²) in [6.45, 7) is 0.443. The molecule has 0 fully saturated rings. The molecule has 0 aliphatic heterocycles. The smallest absolute Gasteiger partial charge is 0.267 e. The molecule has 0 atom stereocenters. The second-order valence-corrected chi connectivity index (χ2v) is 3.43. The summed E-state index contributed by atoms with van der Waals surface area (Å²) >= 11 is 0. The van der Waals surface area contributed by atoms with E-state index in [0.717, 1.165) is 5.56 Å². The van der Waals surface area contributed by atoms with Gasteiger partial charge in [0.2, 0.25) is 0 Å². The third kappa shape index (κ3) is 2.42. The molecule has 1 heterocycles. The fraction of sp³-hybridized carbons (Fsp3) is 0.0833. The number of phenolic OH excluding ortho intramolecular Hbond substituents is 1. The van der Waals surface area contributed by atoms with Crippen LogP contribution < -0.4 is 5.32 Å². The summed E-state index contributed by atoms with van der Waals surface area (Å²) in [6.07, 6.45) is 1.70. The van der Waals surface area contributed by atoms with Crippen molar-refractivity contribution in [1.29, 1.82) is 0 Å². The number of benzene rings is 1. The maximum Gasteiger partial charge on any atom is 0.267 e. The van der Waals surface area contributed by atoms with Crippen LogP contribution in [-0.4, -0.2) is 16.0 Å². The monoisotopic (exact) mass is 216 g/mol. The molecule has 0 unspecified atom stereocenters. The van der Waals surface area contributed by atoms with E-state index < -0.39 is 0 Å². The van der Waals surface area contributed by atoms with Crippen molar-refractivity contribution >= 4 is 5.91 Å². The standard InChI is InChI=1S/C12H12N2O2/c15-10-5-3-9(4-6-10)8-14-12(16)11-2-1-7-13-11/h1-7,13,15H,8H2,(H,14,16). The van der Waals surface area contributed by atoms with Crippen LogP contribution >= 0.6 is 0 Å². The van der Waals surface area contributed by atoms with Crippen molar-refractivity contribution in [3.8, 4) is 5.75 Å². The number of carbonyl (C=O) groups excluding carboxylic acids is 1. The molecule has 1 aromatic carbocycles. The molecule has 1 amide bonds. The lowest BCUT2D eigenvalue weighted by Gasteiger charge is -2.03. The molecule has 0 saturated heterocycles. The number of aromatic amines is 1. The Bertz CT molecular complexity index is 460. The summed E-state index contributed by atoms with van der Waals surface area (Å²) in [6, 6.07) is 10.2. The van der Waals surface area contributed by atoms with Gasteiger partial charge in [0.25, 0.3) is 5.91 Å². The van der Waals surface area contributed by atoms with Crippen LogP contribution in [0.3, 0.4) is 0 Å². The zero-order chi connectivity index (χ0) is 11.4. The number of phenols is 1. The quantitative estimate of drug-likeness (QED) is 0.730. The molecule has 1 aromatic heterocycles. The normalized spacial score (nSPS) is 10.0. The summed E-state index contributed by atoms with van der Waals surface area (Å²) in [4.78, 5) is 14.4. The molecule has 4 nitrogen and oxygen atoms in total. The molecule has 3 N–H and O–H groups in total. The van der Waals surface area contributed by atoms with E-state index in [1.165, 1.54) is 0 Å². The molecule has 0 spiro atoms. The van der Waals surface area contributed by atoms with Crippen molar-refractivity contribution in [2.24, 2.45) is 0 Å².